The SMILES string of the molecule is CC(C)(C)[NH-].[CH3-].[Ti+3].c1c[nH]c(C2C[CH-]c3ccccc32)c1. The molecule has 1 radical (unpaired) electrons. The first-order chi connectivity index (χ1) is 8.95. The normalized spacial score (nSPS) is 15.5. The third kappa shape index (κ3) is 6.13. The van der Waals surface area contributed by atoms with Crippen molar-refractivity contribution >= 4 is 0 Å². The molecule has 0 spiro atoms. The Morgan fingerprint density at radius 1 is 1.14 bits per heavy atom. The van der Waals surface area contributed by atoms with E-state index in [4.69, 9.17) is 5.73 Å². The molecule has 1 aliphatic rings. The summed E-state index contributed by atoms with van der Waals surface area (Å²) in [6.45, 7) is 5.56. The standard InChI is InChI=1S/C13H12N.C4H10N.CH3.Ti/c1-2-5-11-10(4-1)7-8-12(11)13-6-3-9-14-13;1-4(2,3)5;;/h1-7,9,12,14H,8H2;5H,1-3H3;1H3;/q3*-1;+3. The zero-order valence-electron chi connectivity index (χ0n) is 13.4. The molecule has 2 nitrogen and oxygen atoms in total. The molecule has 0 fully saturated rings. The van der Waals surface area contributed by atoms with Crippen LogP contribution in [-0.4, -0.2) is 10.5 Å². The van der Waals surface area contributed by atoms with Crippen LogP contribution in [-0.2, 0) is 21.7 Å². The van der Waals surface area contributed by atoms with Crippen molar-refractivity contribution in [2.24, 2.45) is 0 Å². The molecule has 1 heterocycles. The Kier molecular flexibility index (Phi) is 8.09. The van der Waals surface area contributed by atoms with Crippen molar-refractivity contribution in [3.63, 3.8) is 0 Å². The number of rotatable bonds is 1. The van der Waals surface area contributed by atoms with Crippen molar-refractivity contribution in [3.05, 3.63) is 79.0 Å². The number of fused-ring (bicyclic) bond motifs is 1. The van der Waals surface area contributed by atoms with Gasteiger partial charge in [-0.05, 0) is 18.1 Å². The van der Waals surface area contributed by atoms with E-state index in [0.717, 1.165) is 6.42 Å². The van der Waals surface area contributed by atoms with Crippen LogP contribution >= 0.6 is 0 Å². The largest absolute Gasteiger partial charge is 3.00 e. The van der Waals surface area contributed by atoms with Gasteiger partial charge in [-0.3, -0.25) is 0 Å². The number of H-pyrrole nitrogens is 1. The summed E-state index contributed by atoms with van der Waals surface area (Å²) in [6, 6.07) is 12.9. The minimum absolute atomic E-state index is 0. The fourth-order valence-electron chi connectivity index (χ4n) is 2.24. The van der Waals surface area contributed by atoms with Crippen LogP contribution in [0, 0.1) is 13.8 Å². The van der Waals surface area contributed by atoms with Gasteiger partial charge in [0.25, 0.3) is 0 Å². The van der Waals surface area contributed by atoms with Crippen LogP contribution in [0.15, 0.2) is 42.6 Å². The van der Waals surface area contributed by atoms with Crippen molar-refractivity contribution in [2.45, 2.75) is 38.6 Å². The molecule has 1 aromatic carbocycles. The van der Waals surface area contributed by atoms with Gasteiger partial charge in [-0.25, -0.2) is 0 Å². The molecule has 1 unspecified atom stereocenters. The van der Waals surface area contributed by atoms with E-state index in [-0.39, 0.29) is 34.7 Å². The topological polar surface area (TPSA) is 39.6 Å². The van der Waals surface area contributed by atoms with Gasteiger partial charge in [0.2, 0.25) is 0 Å². The Labute approximate surface area is 144 Å². The fraction of sp³-hybridized carbons (Fsp3) is 0.333. The molecular formula is C18H25N2Ti. The molecule has 1 atom stereocenters. The second-order valence-electron chi connectivity index (χ2n) is 6.00. The molecule has 1 aliphatic carbocycles. The Balaban J connectivity index is 0.000000507. The fourth-order valence-corrected chi connectivity index (χ4v) is 2.24. The minimum Gasteiger partial charge on any atom is -0.673 e. The molecule has 0 saturated carbocycles. The van der Waals surface area contributed by atoms with Gasteiger partial charge in [-0.1, -0.05) is 33.3 Å². The summed E-state index contributed by atoms with van der Waals surface area (Å²) >= 11 is 0. The summed E-state index contributed by atoms with van der Waals surface area (Å²) in [6.07, 6.45) is 5.44. The van der Waals surface area contributed by atoms with Crippen LogP contribution < -0.4 is 0 Å². The number of hydrogen-bond acceptors (Lipinski definition) is 0. The van der Waals surface area contributed by atoms with Gasteiger partial charge in [0, 0.05) is 11.9 Å². The second kappa shape index (κ2) is 8.48. The summed E-state index contributed by atoms with van der Waals surface area (Å²) in [5.74, 6) is 0.543. The Morgan fingerprint density at radius 2 is 1.76 bits per heavy atom. The first-order valence-corrected chi connectivity index (χ1v) is 6.75. The molecule has 3 rings (SSSR count). The monoisotopic (exact) mass is 317 g/mol. The molecule has 0 aliphatic heterocycles. The quantitative estimate of drug-likeness (QED) is 0.541. The Morgan fingerprint density at radius 3 is 2.33 bits per heavy atom. The van der Waals surface area contributed by atoms with Crippen LogP contribution in [0.5, 0.6) is 0 Å². The molecule has 0 bridgehead atoms. The number of hydrogen-bond donors (Lipinski definition) is 1. The third-order valence-corrected chi connectivity index (χ3v) is 2.94. The molecule has 2 aromatic rings. The van der Waals surface area contributed by atoms with Crippen molar-refractivity contribution in [1.82, 2.24) is 4.98 Å². The van der Waals surface area contributed by atoms with Gasteiger partial charge >= 0.3 is 21.7 Å². The summed E-state index contributed by atoms with van der Waals surface area (Å²) in [4.78, 5) is 3.30. The summed E-state index contributed by atoms with van der Waals surface area (Å²) < 4.78 is 0. The Hall–Kier alpha value is -0.956. The van der Waals surface area contributed by atoms with E-state index in [2.05, 4.69) is 47.8 Å². The predicted octanol–water partition coefficient (Wildman–Crippen LogP) is 5.39. The number of benzene rings is 1. The molecule has 0 amide bonds. The minimum atomic E-state index is -0.250. The van der Waals surface area contributed by atoms with Crippen LogP contribution in [0.25, 0.3) is 5.73 Å². The van der Waals surface area contributed by atoms with E-state index in [1.165, 1.54) is 16.8 Å². The average molecular weight is 317 g/mol. The van der Waals surface area contributed by atoms with Crippen molar-refractivity contribution in [3.8, 4) is 0 Å². The smallest absolute Gasteiger partial charge is 0.673 e. The van der Waals surface area contributed by atoms with Crippen LogP contribution in [0.1, 0.15) is 49.9 Å². The summed E-state index contributed by atoms with van der Waals surface area (Å²) in [7, 11) is 0. The summed E-state index contributed by atoms with van der Waals surface area (Å²) in [5, 5.41) is 0. The van der Waals surface area contributed by atoms with E-state index in [1.54, 1.807) is 0 Å². The van der Waals surface area contributed by atoms with Gasteiger partial charge in [0.15, 0.2) is 0 Å². The van der Waals surface area contributed by atoms with Crippen LogP contribution in [0.4, 0.5) is 0 Å². The number of aromatic amines is 1. The van der Waals surface area contributed by atoms with E-state index in [9.17, 15) is 0 Å². The van der Waals surface area contributed by atoms with E-state index in [0.29, 0.717) is 5.92 Å². The third-order valence-electron chi connectivity index (χ3n) is 2.94. The van der Waals surface area contributed by atoms with Gasteiger partial charge in [0.05, 0.1) is 0 Å². The van der Waals surface area contributed by atoms with E-state index < -0.39 is 0 Å². The zero-order chi connectivity index (χ0) is 13.9. The molecule has 21 heavy (non-hydrogen) atoms. The number of nitrogens with one attached hydrogen (secondary N) is 2. The first kappa shape index (κ1) is 20.0. The predicted molar refractivity (Wildman–Crippen MR) is 87.6 cm³/mol. The maximum Gasteiger partial charge on any atom is 3.00 e. The first-order valence-electron chi connectivity index (χ1n) is 6.75. The van der Waals surface area contributed by atoms with E-state index in [1.807, 2.05) is 27.0 Å². The van der Waals surface area contributed by atoms with Gasteiger partial charge < -0.3 is 18.1 Å². The van der Waals surface area contributed by atoms with Crippen molar-refractivity contribution < 1.29 is 21.7 Å². The van der Waals surface area contributed by atoms with Gasteiger partial charge in [0.1, 0.15) is 0 Å². The molecule has 2 N–H and O–H groups in total. The maximum absolute atomic E-state index is 6.94. The van der Waals surface area contributed by atoms with Crippen molar-refractivity contribution in [1.29, 1.82) is 0 Å². The number of aromatic nitrogens is 1. The van der Waals surface area contributed by atoms with E-state index >= 15 is 0 Å². The molecule has 3 heteroatoms. The average Bonchev–Trinajstić information content (AvgIpc) is 2.95. The Bertz CT molecular complexity index is 506. The molecule has 1 aromatic heterocycles. The second-order valence-corrected chi connectivity index (χ2v) is 6.00. The van der Waals surface area contributed by atoms with Gasteiger partial charge in [-0.15, -0.1) is 23.2 Å². The van der Waals surface area contributed by atoms with Crippen LogP contribution in [0.3, 0.4) is 0 Å². The molecule has 111 valence electrons. The maximum atomic E-state index is 6.94. The van der Waals surface area contributed by atoms with Crippen LogP contribution in [0.2, 0.25) is 0 Å². The molecule has 0 saturated heterocycles. The van der Waals surface area contributed by atoms with Crippen molar-refractivity contribution in [2.75, 3.05) is 0 Å². The molecular weight excluding hydrogens is 292 g/mol. The van der Waals surface area contributed by atoms with Gasteiger partial charge in [-0.2, -0.15) is 18.1 Å². The summed E-state index contributed by atoms with van der Waals surface area (Å²) in [5.41, 5.74) is 10.9. The zero-order valence-corrected chi connectivity index (χ0v) is 15.0.